The summed E-state index contributed by atoms with van der Waals surface area (Å²) in [7, 11) is -3.43. The molecule has 0 saturated heterocycles. The number of aryl methyl sites for hydroxylation is 1. The quantitative estimate of drug-likeness (QED) is 0.770. The molecule has 0 aliphatic carbocycles. The molecular weight excluding hydrogens is 240 g/mol. The van der Waals surface area contributed by atoms with E-state index in [4.69, 9.17) is 5.11 Å². The zero-order valence-electron chi connectivity index (χ0n) is 10.3. The van der Waals surface area contributed by atoms with Crippen LogP contribution in [0.4, 0.5) is 0 Å². The number of nitrogens with zero attached hydrogens (tertiary/aromatic N) is 1. The van der Waals surface area contributed by atoms with E-state index in [-0.39, 0.29) is 11.5 Å². The summed E-state index contributed by atoms with van der Waals surface area (Å²) in [5, 5.41) is 9.16. The van der Waals surface area contributed by atoms with Gasteiger partial charge in [0, 0.05) is 25.0 Å². The molecule has 0 radical (unpaired) electrons. The molecule has 0 bridgehead atoms. The fourth-order valence-corrected chi connectivity index (χ4v) is 2.77. The van der Waals surface area contributed by atoms with Crippen LogP contribution < -0.4 is 4.72 Å². The summed E-state index contributed by atoms with van der Waals surface area (Å²) in [5.74, 6) is 0. The number of rotatable bonds is 7. The van der Waals surface area contributed by atoms with Crippen LogP contribution in [0.15, 0.2) is 17.2 Å². The average Bonchev–Trinajstić information content (AvgIpc) is 2.71. The summed E-state index contributed by atoms with van der Waals surface area (Å²) in [6.45, 7) is 4.90. The van der Waals surface area contributed by atoms with Gasteiger partial charge in [-0.3, -0.25) is 0 Å². The first kappa shape index (κ1) is 14.2. The number of aliphatic hydroxyl groups excluding tert-OH is 1. The molecule has 1 rings (SSSR count). The molecule has 1 aromatic heterocycles. The van der Waals surface area contributed by atoms with E-state index in [9.17, 15) is 8.42 Å². The minimum absolute atomic E-state index is 0.150. The highest BCUT2D eigenvalue weighted by Crippen LogP contribution is 2.15. The number of nitrogens with one attached hydrogen (secondary N) is 1. The van der Waals surface area contributed by atoms with Crippen LogP contribution in [0.3, 0.4) is 0 Å². The van der Waals surface area contributed by atoms with Crippen LogP contribution in [0.1, 0.15) is 32.4 Å². The van der Waals surface area contributed by atoms with E-state index >= 15 is 0 Å². The first-order valence-electron chi connectivity index (χ1n) is 5.84. The molecule has 17 heavy (non-hydrogen) atoms. The first-order chi connectivity index (χ1) is 8.05. The van der Waals surface area contributed by atoms with Crippen molar-refractivity contribution in [3.05, 3.63) is 18.0 Å². The van der Waals surface area contributed by atoms with Gasteiger partial charge in [-0.15, -0.1) is 0 Å². The molecule has 5 nitrogen and oxygen atoms in total. The van der Waals surface area contributed by atoms with Gasteiger partial charge in [-0.1, -0.05) is 13.8 Å². The molecule has 0 fully saturated rings. The van der Waals surface area contributed by atoms with Gasteiger partial charge in [-0.25, -0.2) is 13.1 Å². The van der Waals surface area contributed by atoms with Gasteiger partial charge in [-0.2, -0.15) is 0 Å². The Morgan fingerprint density at radius 3 is 2.59 bits per heavy atom. The van der Waals surface area contributed by atoms with E-state index in [0.29, 0.717) is 18.8 Å². The monoisotopic (exact) mass is 260 g/mol. The smallest absolute Gasteiger partial charge is 0.242 e. The summed E-state index contributed by atoms with van der Waals surface area (Å²) in [4.78, 5) is 0.225. The Morgan fingerprint density at radius 1 is 1.35 bits per heavy atom. The predicted molar refractivity (Wildman–Crippen MR) is 66.1 cm³/mol. The molecule has 0 atom stereocenters. The van der Waals surface area contributed by atoms with E-state index in [1.807, 2.05) is 13.8 Å². The minimum atomic E-state index is -3.43. The zero-order chi connectivity index (χ0) is 12.9. The second kappa shape index (κ2) is 6.18. The summed E-state index contributed by atoms with van der Waals surface area (Å²) in [5.41, 5.74) is 0.628. The van der Waals surface area contributed by atoms with Crippen molar-refractivity contribution in [1.82, 2.24) is 9.29 Å². The Bertz CT molecular complexity index is 451. The lowest BCUT2D eigenvalue weighted by Gasteiger charge is -2.04. The van der Waals surface area contributed by atoms with Gasteiger partial charge >= 0.3 is 0 Å². The Labute approximate surface area is 103 Å². The normalized spacial score (nSPS) is 11.9. The topological polar surface area (TPSA) is 71.3 Å². The van der Waals surface area contributed by atoms with Gasteiger partial charge in [-0.05, 0) is 18.9 Å². The highest BCUT2D eigenvalue weighted by atomic mass is 32.2. The first-order valence-corrected chi connectivity index (χ1v) is 7.33. The SMILES string of the molecule is CCCNS(=O)(=O)c1cc(CO)n(CCC)c1. The second-order valence-corrected chi connectivity index (χ2v) is 5.68. The molecule has 0 aromatic carbocycles. The van der Waals surface area contributed by atoms with E-state index in [1.54, 1.807) is 10.8 Å². The number of hydrogen-bond donors (Lipinski definition) is 2. The van der Waals surface area contributed by atoms with Crippen molar-refractivity contribution in [1.29, 1.82) is 0 Å². The average molecular weight is 260 g/mol. The number of aliphatic hydroxyl groups is 1. The second-order valence-electron chi connectivity index (χ2n) is 3.92. The molecule has 0 amide bonds. The largest absolute Gasteiger partial charge is 0.390 e. The molecule has 2 N–H and O–H groups in total. The lowest BCUT2D eigenvalue weighted by Crippen LogP contribution is -2.24. The Morgan fingerprint density at radius 2 is 2.06 bits per heavy atom. The minimum Gasteiger partial charge on any atom is -0.390 e. The molecule has 1 heterocycles. The number of aromatic nitrogens is 1. The van der Waals surface area contributed by atoms with E-state index in [1.165, 1.54) is 6.07 Å². The van der Waals surface area contributed by atoms with Crippen molar-refractivity contribution in [2.24, 2.45) is 0 Å². The van der Waals surface area contributed by atoms with Gasteiger partial charge in [0.05, 0.1) is 11.5 Å². The number of hydrogen-bond acceptors (Lipinski definition) is 3. The van der Waals surface area contributed by atoms with Crippen molar-refractivity contribution in [3.8, 4) is 0 Å². The van der Waals surface area contributed by atoms with Gasteiger partial charge in [0.2, 0.25) is 10.0 Å². The van der Waals surface area contributed by atoms with Gasteiger partial charge in [0.1, 0.15) is 0 Å². The van der Waals surface area contributed by atoms with Crippen LogP contribution in [-0.4, -0.2) is 24.6 Å². The summed E-state index contributed by atoms with van der Waals surface area (Å²) < 4.78 is 28.0. The van der Waals surface area contributed by atoms with Crippen LogP contribution >= 0.6 is 0 Å². The molecule has 0 unspecified atom stereocenters. The fraction of sp³-hybridized carbons (Fsp3) is 0.636. The van der Waals surface area contributed by atoms with E-state index in [2.05, 4.69) is 4.72 Å². The molecular formula is C11H20N2O3S. The van der Waals surface area contributed by atoms with E-state index < -0.39 is 10.0 Å². The molecule has 98 valence electrons. The van der Waals surface area contributed by atoms with Gasteiger partial charge in [0.25, 0.3) is 0 Å². The molecule has 0 spiro atoms. The molecule has 1 aromatic rings. The molecule has 0 saturated carbocycles. The van der Waals surface area contributed by atoms with Crippen molar-refractivity contribution in [2.75, 3.05) is 6.54 Å². The molecule has 6 heteroatoms. The van der Waals surface area contributed by atoms with Crippen LogP contribution in [0.5, 0.6) is 0 Å². The fourth-order valence-electron chi connectivity index (χ4n) is 1.57. The van der Waals surface area contributed by atoms with Crippen LogP contribution in [0.2, 0.25) is 0 Å². The third kappa shape index (κ3) is 3.55. The lowest BCUT2D eigenvalue weighted by molar-refractivity contribution is 0.270. The van der Waals surface area contributed by atoms with Crippen molar-refractivity contribution in [3.63, 3.8) is 0 Å². The zero-order valence-corrected chi connectivity index (χ0v) is 11.1. The third-order valence-corrected chi connectivity index (χ3v) is 3.87. The van der Waals surface area contributed by atoms with Crippen molar-refractivity contribution >= 4 is 10.0 Å². The van der Waals surface area contributed by atoms with Crippen LogP contribution in [-0.2, 0) is 23.2 Å². The molecule has 0 aliphatic rings. The van der Waals surface area contributed by atoms with Gasteiger partial charge < -0.3 is 9.67 Å². The standard InChI is InChI=1S/C11H20N2O3S/c1-3-5-12-17(15,16)11-7-10(9-14)13(8-11)6-4-2/h7-8,12,14H,3-6,9H2,1-2H3. The predicted octanol–water partition coefficient (Wildman–Crippen LogP) is 1.08. The maximum atomic E-state index is 11.9. The summed E-state index contributed by atoms with van der Waals surface area (Å²) in [6.07, 6.45) is 3.22. The van der Waals surface area contributed by atoms with Gasteiger partial charge in [0.15, 0.2) is 0 Å². The maximum Gasteiger partial charge on any atom is 0.242 e. The Kier molecular flexibility index (Phi) is 5.17. The third-order valence-electron chi connectivity index (χ3n) is 2.44. The van der Waals surface area contributed by atoms with Crippen molar-refractivity contribution < 1.29 is 13.5 Å². The Balaban J connectivity index is 2.98. The van der Waals surface area contributed by atoms with Crippen molar-refractivity contribution in [2.45, 2.75) is 44.7 Å². The van der Waals surface area contributed by atoms with Crippen LogP contribution in [0, 0.1) is 0 Å². The maximum absolute atomic E-state index is 11.9. The highest BCUT2D eigenvalue weighted by molar-refractivity contribution is 7.89. The summed E-state index contributed by atoms with van der Waals surface area (Å²) >= 11 is 0. The number of sulfonamides is 1. The summed E-state index contributed by atoms with van der Waals surface area (Å²) in [6, 6.07) is 1.52. The van der Waals surface area contributed by atoms with E-state index in [0.717, 1.165) is 12.8 Å². The molecule has 0 aliphatic heterocycles. The highest BCUT2D eigenvalue weighted by Gasteiger charge is 2.17. The lowest BCUT2D eigenvalue weighted by atomic mass is 10.4. The Hall–Kier alpha value is -0.850. The van der Waals surface area contributed by atoms with Crippen LogP contribution in [0.25, 0.3) is 0 Å².